The third-order valence-corrected chi connectivity index (χ3v) is 5.69. The Labute approximate surface area is 111 Å². The van der Waals surface area contributed by atoms with Crippen molar-refractivity contribution in [3.05, 3.63) is 0 Å². The summed E-state index contributed by atoms with van der Waals surface area (Å²) in [5, 5.41) is 0. The van der Waals surface area contributed by atoms with Gasteiger partial charge in [-0.05, 0) is 38.0 Å². The Balaban J connectivity index is 2.41. The van der Waals surface area contributed by atoms with E-state index in [0.29, 0.717) is 13.0 Å². The summed E-state index contributed by atoms with van der Waals surface area (Å²) in [6.07, 6.45) is 4.83. The number of nitrogens with two attached hydrogens (primary N) is 1. The van der Waals surface area contributed by atoms with E-state index in [9.17, 15) is 8.42 Å². The highest BCUT2D eigenvalue weighted by atomic mass is 32.2. The molecule has 1 saturated carbocycles. The maximum absolute atomic E-state index is 11.6. The van der Waals surface area contributed by atoms with Gasteiger partial charge < -0.3 is 10.5 Å². The first-order valence-corrected chi connectivity index (χ1v) is 8.79. The van der Waals surface area contributed by atoms with Gasteiger partial charge in [-0.3, -0.25) is 0 Å². The van der Waals surface area contributed by atoms with E-state index in [0.717, 1.165) is 31.6 Å². The van der Waals surface area contributed by atoms with E-state index in [1.54, 1.807) is 0 Å². The molecule has 0 radical (unpaired) electrons. The molecule has 18 heavy (non-hydrogen) atoms. The lowest BCUT2D eigenvalue weighted by Gasteiger charge is -2.38. The van der Waals surface area contributed by atoms with E-state index >= 15 is 0 Å². The van der Waals surface area contributed by atoms with Crippen LogP contribution in [-0.4, -0.2) is 38.7 Å². The number of sulfone groups is 1. The number of rotatable bonds is 7. The molecule has 1 fully saturated rings. The smallest absolute Gasteiger partial charge is 0.152 e. The zero-order valence-corrected chi connectivity index (χ0v) is 12.5. The topological polar surface area (TPSA) is 69.4 Å². The van der Waals surface area contributed by atoms with Crippen molar-refractivity contribution in [1.29, 1.82) is 0 Å². The van der Waals surface area contributed by atoms with Gasteiger partial charge in [0.25, 0.3) is 0 Å². The van der Waals surface area contributed by atoms with Crippen LogP contribution in [0, 0.1) is 5.92 Å². The average Bonchev–Trinajstić information content (AvgIpc) is 2.32. The van der Waals surface area contributed by atoms with E-state index in [-0.39, 0.29) is 23.7 Å². The molecule has 1 rings (SSSR count). The van der Waals surface area contributed by atoms with Crippen LogP contribution in [0.2, 0.25) is 0 Å². The second-order valence-corrected chi connectivity index (χ2v) is 7.87. The average molecular weight is 277 g/mol. The van der Waals surface area contributed by atoms with Gasteiger partial charge in [0.1, 0.15) is 0 Å². The third kappa shape index (κ3) is 4.86. The molecule has 0 aromatic heterocycles. The summed E-state index contributed by atoms with van der Waals surface area (Å²) in [6, 6.07) is 0. The Kier molecular flexibility index (Phi) is 6.08. The van der Waals surface area contributed by atoms with Crippen molar-refractivity contribution in [3.8, 4) is 0 Å². The molecule has 5 heteroatoms. The SMILES string of the molecule is CCCS(=O)(=O)CCOC1(CN)CCC(C)CC1. The second-order valence-electron chi connectivity index (χ2n) is 5.57. The molecule has 4 nitrogen and oxygen atoms in total. The van der Waals surface area contributed by atoms with E-state index in [4.69, 9.17) is 10.5 Å². The molecule has 2 N–H and O–H groups in total. The molecule has 0 bridgehead atoms. The molecular formula is C13H27NO3S. The zero-order valence-electron chi connectivity index (χ0n) is 11.7. The molecule has 0 heterocycles. The fraction of sp³-hybridized carbons (Fsp3) is 1.00. The highest BCUT2D eigenvalue weighted by molar-refractivity contribution is 7.91. The fourth-order valence-corrected chi connectivity index (χ4v) is 3.66. The molecule has 0 aliphatic heterocycles. The Morgan fingerprint density at radius 1 is 1.28 bits per heavy atom. The maximum Gasteiger partial charge on any atom is 0.152 e. The van der Waals surface area contributed by atoms with Crippen LogP contribution >= 0.6 is 0 Å². The summed E-state index contributed by atoms with van der Waals surface area (Å²) in [6.45, 7) is 4.90. The first kappa shape index (κ1) is 15.9. The van der Waals surface area contributed by atoms with Crippen LogP contribution in [0.1, 0.15) is 46.0 Å². The van der Waals surface area contributed by atoms with Gasteiger partial charge in [-0.15, -0.1) is 0 Å². The van der Waals surface area contributed by atoms with Crippen molar-refractivity contribution in [3.63, 3.8) is 0 Å². The molecule has 1 aliphatic carbocycles. The largest absolute Gasteiger partial charge is 0.373 e. The molecule has 108 valence electrons. The minimum absolute atomic E-state index is 0.123. The third-order valence-electron chi connectivity index (χ3n) is 3.88. The Bertz CT molecular complexity index is 332. The predicted octanol–water partition coefficient (Wildman–Crippen LogP) is 1.74. The van der Waals surface area contributed by atoms with Gasteiger partial charge in [-0.2, -0.15) is 0 Å². The molecule has 0 aromatic rings. The van der Waals surface area contributed by atoms with E-state index < -0.39 is 9.84 Å². The molecular weight excluding hydrogens is 250 g/mol. The van der Waals surface area contributed by atoms with E-state index in [1.807, 2.05) is 6.92 Å². The van der Waals surface area contributed by atoms with Gasteiger partial charge in [-0.1, -0.05) is 13.8 Å². The Morgan fingerprint density at radius 3 is 2.39 bits per heavy atom. The summed E-state index contributed by atoms with van der Waals surface area (Å²) in [7, 11) is -2.94. The minimum Gasteiger partial charge on any atom is -0.373 e. The van der Waals surface area contributed by atoms with Crippen LogP contribution in [0.4, 0.5) is 0 Å². The standard InChI is InChI=1S/C13H27NO3S/c1-3-9-18(15,16)10-8-17-13(11-14)6-4-12(2)5-7-13/h12H,3-11,14H2,1-2H3. The zero-order chi connectivity index (χ0) is 13.6. The number of ether oxygens (including phenoxy) is 1. The summed E-state index contributed by atoms with van der Waals surface area (Å²) in [5.74, 6) is 1.11. The van der Waals surface area contributed by atoms with Crippen molar-refractivity contribution in [1.82, 2.24) is 0 Å². The van der Waals surface area contributed by atoms with Crippen LogP contribution in [0.15, 0.2) is 0 Å². The van der Waals surface area contributed by atoms with Crippen molar-refractivity contribution in [2.24, 2.45) is 11.7 Å². The number of hydrogen-bond donors (Lipinski definition) is 1. The summed E-state index contributed by atoms with van der Waals surface area (Å²) in [4.78, 5) is 0. The summed E-state index contributed by atoms with van der Waals surface area (Å²) in [5.41, 5.74) is 5.55. The summed E-state index contributed by atoms with van der Waals surface area (Å²) >= 11 is 0. The molecule has 0 unspecified atom stereocenters. The van der Waals surface area contributed by atoms with Gasteiger partial charge in [0, 0.05) is 12.3 Å². The van der Waals surface area contributed by atoms with E-state index in [2.05, 4.69) is 6.92 Å². The van der Waals surface area contributed by atoms with Crippen LogP contribution in [0.25, 0.3) is 0 Å². The van der Waals surface area contributed by atoms with Crippen LogP contribution in [0.3, 0.4) is 0 Å². The Hall–Kier alpha value is -0.130. The van der Waals surface area contributed by atoms with Gasteiger partial charge in [-0.25, -0.2) is 8.42 Å². The van der Waals surface area contributed by atoms with Gasteiger partial charge in [0.15, 0.2) is 9.84 Å². The molecule has 0 atom stereocenters. The molecule has 0 amide bonds. The maximum atomic E-state index is 11.6. The van der Waals surface area contributed by atoms with Gasteiger partial charge in [0.05, 0.1) is 18.0 Å². The van der Waals surface area contributed by atoms with E-state index in [1.165, 1.54) is 0 Å². The lowest BCUT2D eigenvalue weighted by molar-refractivity contribution is -0.0636. The first-order valence-electron chi connectivity index (χ1n) is 6.97. The number of hydrogen-bond acceptors (Lipinski definition) is 4. The second kappa shape index (κ2) is 6.87. The lowest BCUT2D eigenvalue weighted by atomic mass is 9.79. The molecule has 0 aromatic carbocycles. The molecule has 0 saturated heterocycles. The Morgan fingerprint density at radius 2 is 1.89 bits per heavy atom. The predicted molar refractivity (Wildman–Crippen MR) is 74.3 cm³/mol. The van der Waals surface area contributed by atoms with Gasteiger partial charge in [0.2, 0.25) is 0 Å². The van der Waals surface area contributed by atoms with Crippen LogP contribution in [-0.2, 0) is 14.6 Å². The van der Waals surface area contributed by atoms with Crippen LogP contribution in [0.5, 0.6) is 0 Å². The van der Waals surface area contributed by atoms with Crippen LogP contribution < -0.4 is 5.73 Å². The molecule has 1 aliphatic rings. The molecule has 0 spiro atoms. The minimum atomic E-state index is -2.94. The quantitative estimate of drug-likeness (QED) is 0.769. The first-order chi connectivity index (χ1) is 8.43. The highest BCUT2D eigenvalue weighted by Crippen LogP contribution is 2.33. The van der Waals surface area contributed by atoms with Crippen molar-refractivity contribution >= 4 is 9.84 Å². The summed E-state index contributed by atoms with van der Waals surface area (Å²) < 4.78 is 29.1. The fourth-order valence-electron chi connectivity index (χ4n) is 2.49. The normalized spacial score (nSPS) is 29.4. The lowest BCUT2D eigenvalue weighted by Crippen LogP contribution is -2.44. The monoisotopic (exact) mass is 277 g/mol. The van der Waals surface area contributed by atoms with Crippen molar-refractivity contribution in [2.75, 3.05) is 24.7 Å². The highest BCUT2D eigenvalue weighted by Gasteiger charge is 2.34. The van der Waals surface area contributed by atoms with Gasteiger partial charge >= 0.3 is 0 Å². The van der Waals surface area contributed by atoms with Crippen molar-refractivity contribution in [2.45, 2.75) is 51.6 Å². The van der Waals surface area contributed by atoms with Crippen molar-refractivity contribution < 1.29 is 13.2 Å².